The predicted molar refractivity (Wildman–Crippen MR) is 89.2 cm³/mol. The molecule has 2 rings (SSSR count). The Morgan fingerprint density at radius 3 is 2.24 bits per heavy atom. The monoisotopic (exact) mass is 290 g/mol. The van der Waals surface area contributed by atoms with Crippen molar-refractivity contribution >= 4 is 0 Å². The van der Waals surface area contributed by atoms with Crippen LogP contribution in [0.4, 0.5) is 0 Å². The fraction of sp³-hybridized carbons (Fsp3) is 0.667. The number of hydrogen-bond acceptors (Lipinski definition) is 3. The van der Waals surface area contributed by atoms with E-state index in [2.05, 4.69) is 57.3 Å². The second-order valence-electron chi connectivity index (χ2n) is 6.61. The molecule has 21 heavy (non-hydrogen) atoms. The first-order valence-corrected chi connectivity index (χ1v) is 7.96. The van der Waals surface area contributed by atoms with Crippen LogP contribution in [-0.4, -0.2) is 38.7 Å². The van der Waals surface area contributed by atoms with Crippen molar-refractivity contribution in [3.05, 3.63) is 28.8 Å². The van der Waals surface area contributed by atoms with E-state index < -0.39 is 0 Å². The van der Waals surface area contributed by atoms with Crippen LogP contribution in [0.2, 0.25) is 0 Å². The minimum absolute atomic E-state index is 0.223. The molecule has 1 atom stereocenters. The summed E-state index contributed by atoms with van der Waals surface area (Å²) in [5, 5.41) is 3.61. The van der Waals surface area contributed by atoms with E-state index in [0.29, 0.717) is 6.04 Å². The van der Waals surface area contributed by atoms with E-state index in [4.69, 9.17) is 4.74 Å². The van der Waals surface area contributed by atoms with Gasteiger partial charge in [0.2, 0.25) is 0 Å². The number of methoxy groups -OCH3 is 1. The average Bonchev–Trinajstić information content (AvgIpc) is 2.93. The number of hydrogen-bond donors (Lipinski definition) is 1. The molecule has 1 aromatic carbocycles. The van der Waals surface area contributed by atoms with Crippen LogP contribution in [-0.2, 0) is 0 Å². The van der Waals surface area contributed by atoms with Crippen molar-refractivity contribution in [2.45, 2.75) is 51.1 Å². The van der Waals surface area contributed by atoms with Crippen molar-refractivity contribution in [2.75, 3.05) is 28.3 Å². The second kappa shape index (κ2) is 6.37. The van der Waals surface area contributed by atoms with E-state index in [9.17, 15) is 0 Å². The molecule has 1 unspecified atom stereocenters. The zero-order valence-electron chi connectivity index (χ0n) is 14.4. The Labute approximate surface area is 129 Å². The van der Waals surface area contributed by atoms with Crippen molar-refractivity contribution in [3.8, 4) is 5.75 Å². The molecule has 1 aliphatic carbocycles. The van der Waals surface area contributed by atoms with E-state index in [-0.39, 0.29) is 5.54 Å². The first-order valence-electron chi connectivity index (χ1n) is 7.96. The SMILES string of the molecule is CNC(c1cc(C)c(OC)cc1C)C1(N(C)C)CCCC1. The average molecular weight is 290 g/mol. The highest BCUT2D eigenvalue weighted by Crippen LogP contribution is 2.44. The van der Waals surface area contributed by atoms with Crippen molar-refractivity contribution < 1.29 is 4.74 Å². The Morgan fingerprint density at radius 1 is 1.14 bits per heavy atom. The Kier molecular flexibility index (Phi) is 4.95. The van der Waals surface area contributed by atoms with Crippen molar-refractivity contribution in [1.82, 2.24) is 10.2 Å². The van der Waals surface area contributed by atoms with Gasteiger partial charge in [0.1, 0.15) is 5.75 Å². The number of nitrogens with one attached hydrogen (secondary N) is 1. The van der Waals surface area contributed by atoms with Gasteiger partial charge in [-0.3, -0.25) is 0 Å². The number of likely N-dealkylation sites (N-methyl/N-ethyl adjacent to an activating group) is 2. The molecule has 3 heteroatoms. The molecular weight excluding hydrogens is 260 g/mol. The van der Waals surface area contributed by atoms with Gasteiger partial charge in [-0.25, -0.2) is 0 Å². The minimum atomic E-state index is 0.223. The third-order valence-electron chi connectivity index (χ3n) is 5.28. The summed E-state index contributed by atoms with van der Waals surface area (Å²) in [4.78, 5) is 2.43. The van der Waals surface area contributed by atoms with Crippen LogP contribution in [0.5, 0.6) is 5.75 Å². The molecule has 1 aliphatic rings. The van der Waals surface area contributed by atoms with Gasteiger partial charge >= 0.3 is 0 Å². The minimum Gasteiger partial charge on any atom is -0.496 e. The number of aryl methyl sites for hydroxylation is 2. The molecule has 118 valence electrons. The van der Waals surface area contributed by atoms with Gasteiger partial charge in [0.15, 0.2) is 0 Å². The highest BCUT2D eigenvalue weighted by atomic mass is 16.5. The van der Waals surface area contributed by atoms with Crippen molar-refractivity contribution in [2.24, 2.45) is 0 Å². The van der Waals surface area contributed by atoms with Gasteiger partial charge in [0, 0.05) is 5.54 Å². The van der Waals surface area contributed by atoms with Crippen LogP contribution in [0.15, 0.2) is 12.1 Å². The summed E-state index contributed by atoms with van der Waals surface area (Å²) in [5.74, 6) is 0.983. The standard InChI is InChI=1S/C18H30N2O/c1-13-12-16(21-6)14(2)11-15(13)17(19-3)18(20(4)5)9-7-8-10-18/h11-12,17,19H,7-10H2,1-6H3. The molecule has 1 N–H and O–H groups in total. The molecular formula is C18H30N2O. The maximum Gasteiger partial charge on any atom is 0.122 e. The van der Waals surface area contributed by atoms with E-state index in [1.54, 1.807) is 7.11 Å². The normalized spacial score (nSPS) is 19.0. The smallest absolute Gasteiger partial charge is 0.122 e. The maximum atomic E-state index is 5.46. The zero-order valence-corrected chi connectivity index (χ0v) is 14.4. The number of benzene rings is 1. The Bertz CT molecular complexity index is 490. The highest BCUT2D eigenvalue weighted by molar-refractivity contribution is 5.44. The molecule has 3 nitrogen and oxygen atoms in total. The highest BCUT2D eigenvalue weighted by Gasteiger charge is 2.43. The predicted octanol–water partition coefficient (Wildman–Crippen LogP) is 3.45. The third-order valence-corrected chi connectivity index (χ3v) is 5.28. The fourth-order valence-electron chi connectivity index (χ4n) is 4.04. The van der Waals surface area contributed by atoms with Crippen LogP contribution in [0.1, 0.15) is 48.4 Å². The molecule has 1 aromatic rings. The van der Waals surface area contributed by atoms with Crippen molar-refractivity contribution in [3.63, 3.8) is 0 Å². The second-order valence-corrected chi connectivity index (χ2v) is 6.61. The van der Waals surface area contributed by atoms with Crippen LogP contribution >= 0.6 is 0 Å². The zero-order chi connectivity index (χ0) is 15.6. The first kappa shape index (κ1) is 16.3. The van der Waals surface area contributed by atoms with Crippen LogP contribution in [0.3, 0.4) is 0 Å². The fourth-order valence-corrected chi connectivity index (χ4v) is 4.04. The van der Waals surface area contributed by atoms with E-state index in [1.807, 2.05) is 0 Å². The summed E-state index contributed by atoms with van der Waals surface area (Å²) in [6, 6.07) is 4.84. The van der Waals surface area contributed by atoms with Gasteiger partial charge in [-0.2, -0.15) is 0 Å². The lowest BCUT2D eigenvalue weighted by molar-refractivity contribution is 0.108. The molecule has 0 aromatic heterocycles. The van der Waals surface area contributed by atoms with Gasteiger partial charge in [0.05, 0.1) is 13.2 Å². The lowest BCUT2D eigenvalue weighted by Crippen LogP contribution is -2.51. The maximum absolute atomic E-state index is 5.46. The summed E-state index contributed by atoms with van der Waals surface area (Å²) in [5.41, 5.74) is 4.15. The summed E-state index contributed by atoms with van der Waals surface area (Å²) in [6.45, 7) is 4.32. The Balaban J connectivity index is 2.48. The van der Waals surface area contributed by atoms with Gasteiger partial charge in [-0.05, 0) is 70.6 Å². The van der Waals surface area contributed by atoms with E-state index >= 15 is 0 Å². The lowest BCUT2D eigenvalue weighted by Gasteiger charge is -2.44. The molecule has 0 saturated heterocycles. The molecule has 0 amide bonds. The summed E-state index contributed by atoms with van der Waals surface area (Å²) in [6.07, 6.45) is 5.17. The number of rotatable bonds is 5. The lowest BCUT2D eigenvalue weighted by atomic mass is 9.80. The Hall–Kier alpha value is -1.06. The quantitative estimate of drug-likeness (QED) is 0.899. The molecule has 0 aliphatic heterocycles. The molecule has 0 heterocycles. The number of nitrogens with zero attached hydrogens (tertiary/aromatic N) is 1. The summed E-state index contributed by atoms with van der Waals surface area (Å²) < 4.78 is 5.46. The van der Waals surface area contributed by atoms with Crippen LogP contribution in [0, 0.1) is 13.8 Å². The molecule has 0 bridgehead atoms. The number of ether oxygens (including phenoxy) is 1. The molecule has 0 radical (unpaired) electrons. The van der Waals surface area contributed by atoms with Gasteiger partial charge in [0.25, 0.3) is 0 Å². The van der Waals surface area contributed by atoms with E-state index in [1.165, 1.54) is 42.4 Å². The van der Waals surface area contributed by atoms with Gasteiger partial charge < -0.3 is 15.0 Å². The summed E-state index contributed by atoms with van der Waals surface area (Å²) >= 11 is 0. The summed E-state index contributed by atoms with van der Waals surface area (Å²) in [7, 11) is 8.28. The molecule has 1 saturated carbocycles. The molecule has 1 fully saturated rings. The Morgan fingerprint density at radius 2 is 1.76 bits per heavy atom. The largest absolute Gasteiger partial charge is 0.496 e. The van der Waals surface area contributed by atoms with Crippen LogP contribution < -0.4 is 10.1 Å². The topological polar surface area (TPSA) is 24.5 Å². The van der Waals surface area contributed by atoms with Gasteiger partial charge in [-0.15, -0.1) is 0 Å². The van der Waals surface area contributed by atoms with Gasteiger partial charge in [-0.1, -0.05) is 18.9 Å². The van der Waals surface area contributed by atoms with E-state index in [0.717, 1.165) is 5.75 Å². The van der Waals surface area contributed by atoms with Crippen molar-refractivity contribution in [1.29, 1.82) is 0 Å². The molecule has 0 spiro atoms. The first-order chi connectivity index (χ1) is 9.96. The third kappa shape index (κ3) is 2.82. The van der Waals surface area contributed by atoms with Crippen LogP contribution in [0.25, 0.3) is 0 Å².